The van der Waals surface area contributed by atoms with Crippen molar-refractivity contribution in [2.24, 2.45) is 4.99 Å². The quantitative estimate of drug-likeness (QED) is 0.616. The Morgan fingerprint density at radius 3 is 2.87 bits per heavy atom. The SMILES string of the molecule is [C-]#[N+]C1=C(O)N2NC(C)=NC2C(Cl)=C1C. The Labute approximate surface area is 92.1 Å². The van der Waals surface area contributed by atoms with Crippen LogP contribution in [0.5, 0.6) is 0 Å². The number of aliphatic hydroxyl groups excluding tert-OH is 1. The number of hydrazine groups is 1. The van der Waals surface area contributed by atoms with Crippen molar-refractivity contribution in [2.75, 3.05) is 0 Å². The van der Waals surface area contributed by atoms with Crippen LogP contribution in [0.15, 0.2) is 27.2 Å². The monoisotopic (exact) mass is 224 g/mol. The van der Waals surface area contributed by atoms with Crippen LogP contribution in [0, 0.1) is 6.57 Å². The van der Waals surface area contributed by atoms with Crippen LogP contribution in [-0.2, 0) is 0 Å². The maximum atomic E-state index is 9.81. The van der Waals surface area contributed by atoms with E-state index >= 15 is 0 Å². The van der Waals surface area contributed by atoms with Gasteiger partial charge in [0.15, 0.2) is 6.17 Å². The molecule has 0 fully saturated rings. The van der Waals surface area contributed by atoms with Crippen molar-refractivity contribution >= 4 is 17.4 Å². The molecule has 0 saturated carbocycles. The zero-order chi connectivity index (χ0) is 11.2. The van der Waals surface area contributed by atoms with Crippen LogP contribution >= 0.6 is 11.6 Å². The van der Waals surface area contributed by atoms with Crippen molar-refractivity contribution in [3.8, 4) is 0 Å². The van der Waals surface area contributed by atoms with Gasteiger partial charge in [0.25, 0.3) is 5.70 Å². The van der Waals surface area contributed by atoms with Gasteiger partial charge in [-0.15, -0.1) is 0 Å². The van der Waals surface area contributed by atoms with Gasteiger partial charge in [-0.2, -0.15) is 0 Å². The van der Waals surface area contributed by atoms with Gasteiger partial charge in [0.1, 0.15) is 5.84 Å². The number of rotatable bonds is 0. The Balaban J connectivity index is 2.55. The smallest absolute Gasteiger partial charge is 0.250 e. The van der Waals surface area contributed by atoms with Crippen LogP contribution in [0.2, 0.25) is 0 Å². The third kappa shape index (κ3) is 1.26. The van der Waals surface area contributed by atoms with E-state index in [1.165, 1.54) is 5.01 Å². The summed E-state index contributed by atoms with van der Waals surface area (Å²) in [6, 6.07) is 0. The van der Waals surface area contributed by atoms with Gasteiger partial charge in [0.05, 0.1) is 11.6 Å². The fourth-order valence-electron chi connectivity index (χ4n) is 1.57. The van der Waals surface area contributed by atoms with E-state index in [9.17, 15) is 5.11 Å². The summed E-state index contributed by atoms with van der Waals surface area (Å²) in [7, 11) is 0. The van der Waals surface area contributed by atoms with Crippen LogP contribution in [0.3, 0.4) is 0 Å². The van der Waals surface area contributed by atoms with Gasteiger partial charge in [0.2, 0.25) is 5.88 Å². The molecule has 78 valence electrons. The molecule has 0 aliphatic carbocycles. The summed E-state index contributed by atoms with van der Waals surface area (Å²) in [5.41, 5.74) is 3.57. The summed E-state index contributed by atoms with van der Waals surface area (Å²) < 4.78 is 0. The van der Waals surface area contributed by atoms with Crippen LogP contribution in [0.4, 0.5) is 0 Å². The fraction of sp³-hybridized carbons (Fsp3) is 0.333. The molecule has 0 aromatic rings. The lowest BCUT2D eigenvalue weighted by molar-refractivity contribution is 0.154. The normalized spacial score (nSPS) is 24.8. The van der Waals surface area contributed by atoms with Crippen molar-refractivity contribution in [1.29, 1.82) is 0 Å². The average molecular weight is 225 g/mol. The minimum atomic E-state index is -0.447. The number of aliphatic imine (C=N–C) groups is 1. The number of hydrogen-bond acceptors (Lipinski definition) is 4. The third-order valence-electron chi connectivity index (χ3n) is 2.33. The van der Waals surface area contributed by atoms with Gasteiger partial charge < -0.3 is 5.11 Å². The molecular formula is C9H9ClN4O. The first kappa shape index (κ1) is 9.87. The number of nitrogens with one attached hydrogen (secondary N) is 1. The Kier molecular flexibility index (Phi) is 2.09. The maximum absolute atomic E-state index is 9.81. The molecule has 0 radical (unpaired) electrons. The third-order valence-corrected chi connectivity index (χ3v) is 2.81. The van der Waals surface area contributed by atoms with Crippen LogP contribution in [0.25, 0.3) is 4.85 Å². The van der Waals surface area contributed by atoms with E-state index in [1.54, 1.807) is 13.8 Å². The summed E-state index contributed by atoms with van der Waals surface area (Å²) in [4.78, 5) is 7.46. The van der Waals surface area contributed by atoms with E-state index in [2.05, 4.69) is 15.3 Å². The summed E-state index contributed by atoms with van der Waals surface area (Å²) in [5, 5.41) is 11.7. The molecule has 2 heterocycles. The Morgan fingerprint density at radius 1 is 1.60 bits per heavy atom. The van der Waals surface area contributed by atoms with E-state index in [0.717, 1.165) is 0 Å². The van der Waals surface area contributed by atoms with Crippen LogP contribution in [-0.4, -0.2) is 22.1 Å². The molecule has 2 aliphatic rings. The molecule has 0 saturated heterocycles. The van der Waals surface area contributed by atoms with Crippen molar-refractivity contribution in [3.05, 3.63) is 33.6 Å². The maximum Gasteiger partial charge on any atom is 0.250 e. The van der Waals surface area contributed by atoms with E-state index in [4.69, 9.17) is 18.2 Å². The molecule has 1 atom stereocenters. The van der Waals surface area contributed by atoms with E-state index in [-0.39, 0.29) is 11.6 Å². The van der Waals surface area contributed by atoms with E-state index in [0.29, 0.717) is 16.4 Å². The molecule has 0 bridgehead atoms. The second-order valence-electron chi connectivity index (χ2n) is 3.33. The Hall–Kier alpha value is -1.67. The zero-order valence-electron chi connectivity index (χ0n) is 8.24. The molecule has 2 aliphatic heterocycles. The fourth-order valence-corrected chi connectivity index (χ4v) is 1.80. The summed E-state index contributed by atoms with van der Waals surface area (Å²) >= 11 is 6.07. The predicted octanol–water partition coefficient (Wildman–Crippen LogP) is 1.72. The number of fused-ring (bicyclic) bond motifs is 1. The Bertz CT molecular complexity index is 457. The first-order valence-corrected chi connectivity index (χ1v) is 4.71. The van der Waals surface area contributed by atoms with Gasteiger partial charge in [-0.25, -0.2) is 14.8 Å². The number of aliphatic hydroxyl groups is 1. The van der Waals surface area contributed by atoms with Crippen molar-refractivity contribution < 1.29 is 5.11 Å². The standard InChI is InChI=1S/C9H9ClN4O/c1-4-6(10)8-12-5(2)13-14(8)9(15)7(4)11-3/h8,15H,1-2H3,(H,12,13). The summed E-state index contributed by atoms with van der Waals surface area (Å²) in [5.74, 6) is 0.529. The van der Waals surface area contributed by atoms with E-state index in [1.807, 2.05) is 0 Å². The summed E-state index contributed by atoms with van der Waals surface area (Å²) in [6.45, 7) is 10.4. The second kappa shape index (κ2) is 3.17. The highest BCUT2D eigenvalue weighted by Gasteiger charge is 2.36. The molecule has 6 heteroatoms. The number of allylic oxidation sites excluding steroid dienone is 1. The number of hydrogen-bond donors (Lipinski definition) is 2. The lowest BCUT2D eigenvalue weighted by Gasteiger charge is -2.29. The number of nitrogens with zero attached hydrogens (tertiary/aromatic N) is 3. The van der Waals surface area contributed by atoms with Gasteiger partial charge in [0, 0.05) is 0 Å². The van der Waals surface area contributed by atoms with Crippen molar-refractivity contribution in [1.82, 2.24) is 10.4 Å². The first-order chi connectivity index (χ1) is 7.06. The highest BCUT2D eigenvalue weighted by Crippen LogP contribution is 2.34. The molecule has 1 unspecified atom stereocenters. The summed E-state index contributed by atoms with van der Waals surface area (Å²) in [6.07, 6.45) is -0.447. The van der Waals surface area contributed by atoms with E-state index < -0.39 is 6.17 Å². The predicted molar refractivity (Wildman–Crippen MR) is 56.7 cm³/mol. The molecule has 0 amide bonds. The molecule has 0 spiro atoms. The minimum Gasteiger partial charge on any atom is -0.502 e. The van der Waals surface area contributed by atoms with Crippen molar-refractivity contribution in [3.63, 3.8) is 0 Å². The first-order valence-electron chi connectivity index (χ1n) is 4.34. The Morgan fingerprint density at radius 2 is 2.27 bits per heavy atom. The lowest BCUT2D eigenvalue weighted by Crippen LogP contribution is -2.42. The molecule has 0 aromatic heterocycles. The van der Waals surface area contributed by atoms with Gasteiger partial charge in [-0.1, -0.05) is 11.6 Å². The molecule has 2 N–H and O–H groups in total. The highest BCUT2D eigenvalue weighted by atomic mass is 35.5. The second-order valence-corrected chi connectivity index (χ2v) is 3.73. The molecule has 2 rings (SSSR count). The lowest BCUT2D eigenvalue weighted by atomic mass is 10.1. The highest BCUT2D eigenvalue weighted by molar-refractivity contribution is 6.31. The zero-order valence-corrected chi connectivity index (χ0v) is 9.00. The van der Waals surface area contributed by atoms with Crippen LogP contribution in [0.1, 0.15) is 13.8 Å². The molecule has 5 nitrogen and oxygen atoms in total. The molecular weight excluding hydrogens is 216 g/mol. The average Bonchev–Trinajstić information content (AvgIpc) is 2.58. The van der Waals surface area contributed by atoms with Gasteiger partial charge in [-0.3, -0.25) is 5.43 Å². The minimum absolute atomic E-state index is 0.127. The van der Waals surface area contributed by atoms with Crippen LogP contribution < -0.4 is 5.43 Å². The van der Waals surface area contributed by atoms with Crippen molar-refractivity contribution in [2.45, 2.75) is 20.0 Å². The number of halogens is 1. The molecule has 15 heavy (non-hydrogen) atoms. The largest absolute Gasteiger partial charge is 0.502 e. The van der Waals surface area contributed by atoms with Gasteiger partial charge in [-0.05, 0) is 19.4 Å². The number of amidine groups is 1. The topological polar surface area (TPSA) is 52.2 Å². The van der Waals surface area contributed by atoms with Gasteiger partial charge >= 0.3 is 0 Å². The molecule has 0 aromatic carbocycles.